The fourth-order valence-electron chi connectivity index (χ4n) is 2.11. The van der Waals surface area contributed by atoms with Crippen LogP contribution in [0.25, 0.3) is 11.1 Å². The van der Waals surface area contributed by atoms with E-state index in [1.54, 1.807) is 31.2 Å². The molecule has 0 aliphatic rings. The van der Waals surface area contributed by atoms with Crippen molar-refractivity contribution >= 4 is 0 Å². The molecule has 4 heteroatoms. The van der Waals surface area contributed by atoms with Crippen molar-refractivity contribution < 1.29 is 18.3 Å². The van der Waals surface area contributed by atoms with Gasteiger partial charge in [-0.15, -0.1) is 0 Å². The molecule has 0 aromatic heterocycles. The lowest BCUT2D eigenvalue weighted by Gasteiger charge is -2.15. The van der Waals surface area contributed by atoms with E-state index < -0.39 is 11.7 Å². The highest BCUT2D eigenvalue weighted by atomic mass is 19.4. The van der Waals surface area contributed by atoms with Crippen molar-refractivity contribution in [3.05, 3.63) is 59.2 Å². The van der Waals surface area contributed by atoms with Gasteiger partial charge in [0.15, 0.2) is 0 Å². The van der Waals surface area contributed by atoms with E-state index in [4.69, 9.17) is 0 Å². The molecular weight excluding hydrogens is 253 g/mol. The molecule has 0 fully saturated rings. The van der Waals surface area contributed by atoms with E-state index in [1.165, 1.54) is 12.1 Å². The fraction of sp³-hybridized carbons (Fsp3) is 0.200. The van der Waals surface area contributed by atoms with E-state index in [-0.39, 0.29) is 12.2 Å². The maximum absolute atomic E-state index is 13.0. The number of rotatable bonds is 2. The lowest BCUT2D eigenvalue weighted by molar-refractivity contribution is -0.137. The van der Waals surface area contributed by atoms with Crippen LogP contribution in [0.4, 0.5) is 13.2 Å². The highest BCUT2D eigenvalue weighted by Gasteiger charge is 2.33. The van der Waals surface area contributed by atoms with Gasteiger partial charge in [0.05, 0.1) is 12.2 Å². The molecule has 0 aliphatic carbocycles. The Morgan fingerprint density at radius 2 is 1.58 bits per heavy atom. The summed E-state index contributed by atoms with van der Waals surface area (Å²) < 4.78 is 39.0. The fourth-order valence-corrected chi connectivity index (χ4v) is 2.11. The van der Waals surface area contributed by atoms with Crippen LogP contribution in [-0.4, -0.2) is 5.11 Å². The molecule has 0 heterocycles. The molecule has 0 amide bonds. The Kier molecular flexibility index (Phi) is 3.62. The lowest BCUT2D eigenvalue weighted by Crippen LogP contribution is -2.07. The number of aliphatic hydroxyl groups is 1. The van der Waals surface area contributed by atoms with Crippen molar-refractivity contribution in [3.63, 3.8) is 0 Å². The van der Waals surface area contributed by atoms with Gasteiger partial charge in [-0.25, -0.2) is 0 Å². The van der Waals surface area contributed by atoms with Gasteiger partial charge < -0.3 is 5.11 Å². The monoisotopic (exact) mass is 266 g/mol. The van der Waals surface area contributed by atoms with Crippen LogP contribution in [0.5, 0.6) is 0 Å². The highest BCUT2D eigenvalue weighted by Crippen LogP contribution is 2.38. The number of benzene rings is 2. The predicted octanol–water partition coefficient (Wildman–Crippen LogP) is 4.17. The van der Waals surface area contributed by atoms with Crippen molar-refractivity contribution in [2.75, 3.05) is 0 Å². The van der Waals surface area contributed by atoms with Crippen molar-refractivity contribution in [1.82, 2.24) is 0 Å². The second-order valence-electron chi connectivity index (χ2n) is 4.29. The Morgan fingerprint density at radius 1 is 0.947 bits per heavy atom. The van der Waals surface area contributed by atoms with Gasteiger partial charge in [0.2, 0.25) is 0 Å². The average Bonchev–Trinajstić information content (AvgIpc) is 2.38. The van der Waals surface area contributed by atoms with E-state index in [1.807, 2.05) is 0 Å². The number of halogens is 3. The Balaban J connectivity index is 2.67. The minimum absolute atomic E-state index is 0.141. The molecule has 0 saturated carbocycles. The third-order valence-electron chi connectivity index (χ3n) is 3.14. The van der Waals surface area contributed by atoms with E-state index in [0.29, 0.717) is 16.7 Å². The van der Waals surface area contributed by atoms with Crippen LogP contribution in [-0.2, 0) is 12.8 Å². The normalized spacial score (nSPS) is 11.6. The van der Waals surface area contributed by atoms with Gasteiger partial charge in [-0.3, -0.25) is 0 Å². The zero-order chi connectivity index (χ0) is 14.0. The van der Waals surface area contributed by atoms with Crippen molar-refractivity contribution in [3.8, 4) is 11.1 Å². The summed E-state index contributed by atoms with van der Waals surface area (Å²) in [6.45, 7) is 1.53. The second-order valence-corrected chi connectivity index (χ2v) is 4.29. The first-order chi connectivity index (χ1) is 8.95. The molecule has 0 aliphatic heterocycles. The van der Waals surface area contributed by atoms with Gasteiger partial charge in [-0.05, 0) is 35.2 Å². The first-order valence-corrected chi connectivity index (χ1v) is 5.81. The van der Waals surface area contributed by atoms with Crippen LogP contribution < -0.4 is 0 Å². The Morgan fingerprint density at radius 3 is 2.21 bits per heavy atom. The van der Waals surface area contributed by atoms with Gasteiger partial charge in [-0.2, -0.15) is 13.2 Å². The maximum atomic E-state index is 13.0. The van der Waals surface area contributed by atoms with Gasteiger partial charge >= 0.3 is 6.18 Å². The largest absolute Gasteiger partial charge is 0.417 e. The summed E-state index contributed by atoms with van der Waals surface area (Å²) in [5, 5.41) is 9.20. The molecule has 0 unspecified atom stereocenters. The van der Waals surface area contributed by atoms with Gasteiger partial charge in [0.25, 0.3) is 0 Å². The minimum Gasteiger partial charge on any atom is -0.392 e. The van der Waals surface area contributed by atoms with Gasteiger partial charge in [0, 0.05) is 0 Å². The Labute approximate surface area is 109 Å². The van der Waals surface area contributed by atoms with Crippen LogP contribution in [0.1, 0.15) is 16.7 Å². The minimum atomic E-state index is -4.39. The lowest BCUT2D eigenvalue weighted by atomic mass is 9.93. The van der Waals surface area contributed by atoms with Crippen molar-refractivity contribution in [2.45, 2.75) is 19.7 Å². The standard InChI is InChI=1S/C15H13F3O/c1-10-11(9-19)5-4-7-12(10)13-6-2-3-8-14(13)15(16,17)18/h2-8,19H,9H2,1H3. The Bertz CT molecular complexity index is 588. The molecule has 0 saturated heterocycles. The zero-order valence-electron chi connectivity index (χ0n) is 10.3. The first kappa shape index (κ1) is 13.6. The van der Waals surface area contributed by atoms with Crippen molar-refractivity contribution in [2.24, 2.45) is 0 Å². The summed E-state index contributed by atoms with van der Waals surface area (Å²) in [6, 6.07) is 10.5. The number of hydrogen-bond acceptors (Lipinski definition) is 1. The molecule has 0 atom stereocenters. The molecule has 19 heavy (non-hydrogen) atoms. The predicted molar refractivity (Wildman–Crippen MR) is 67.5 cm³/mol. The molecule has 0 spiro atoms. The summed E-state index contributed by atoms with van der Waals surface area (Å²) in [6.07, 6.45) is -4.39. The van der Waals surface area contributed by atoms with E-state index >= 15 is 0 Å². The van der Waals surface area contributed by atoms with Gasteiger partial charge in [0.1, 0.15) is 0 Å². The average molecular weight is 266 g/mol. The zero-order valence-corrected chi connectivity index (χ0v) is 10.3. The third-order valence-corrected chi connectivity index (χ3v) is 3.14. The van der Waals surface area contributed by atoms with E-state index in [2.05, 4.69) is 0 Å². The molecule has 0 radical (unpaired) electrons. The highest BCUT2D eigenvalue weighted by molar-refractivity contribution is 5.72. The molecular formula is C15H13F3O. The number of aliphatic hydroxyl groups excluding tert-OH is 1. The van der Waals surface area contributed by atoms with Gasteiger partial charge in [-0.1, -0.05) is 36.4 Å². The Hall–Kier alpha value is -1.81. The SMILES string of the molecule is Cc1c(CO)cccc1-c1ccccc1C(F)(F)F. The smallest absolute Gasteiger partial charge is 0.392 e. The molecule has 2 rings (SSSR count). The summed E-state index contributed by atoms with van der Waals surface area (Å²) in [5.74, 6) is 0. The molecule has 2 aromatic carbocycles. The summed E-state index contributed by atoms with van der Waals surface area (Å²) >= 11 is 0. The van der Waals surface area contributed by atoms with E-state index in [0.717, 1.165) is 6.07 Å². The van der Waals surface area contributed by atoms with Crippen LogP contribution in [0, 0.1) is 6.92 Å². The van der Waals surface area contributed by atoms with Crippen molar-refractivity contribution in [1.29, 1.82) is 0 Å². The van der Waals surface area contributed by atoms with Crippen LogP contribution >= 0.6 is 0 Å². The summed E-state index contributed by atoms with van der Waals surface area (Å²) in [5.41, 5.74) is 1.28. The van der Waals surface area contributed by atoms with Crippen LogP contribution in [0.3, 0.4) is 0 Å². The second kappa shape index (κ2) is 5.05. The first-order valence-electron chi connectivity index (χ1n) is 5.81. The maximum Gasteiger partial charge on any atom is 0.417 e. The van der Waals surface area contributed by atoms with Crippen LogP contribution in [0.2, 0.25) is 0 Å². The summed E-state index contributed by atoms with van der Waals surface area (Å²) in [4.78, 5) is 0. The third kappa shape index (κ3) is 2.63. The number of hydrogen-bond donors (Lipinski definition) is 1. The van der Waals surface area contributed by atoms with E-state index in [9.17, 15) is 18.3 Å². The molecule has 1 nitrogen and oxygen atoms in total. The molecule has 1 N–H and O–H groups in total. The quantitative estimate of drug-likeness (QED) is 0.864. The summed E-state index contributed by atoms with van der Waals surface area (Å²) in [7, 11) is 0. The number of alkyl halides is 3. The topological polar surface area (TPSA) is 20.2 Å². The molecule has 100 valence electrons. The van der Waals surface area contributed by atoms with Crippen LogP contribution in [0.15, 0.2) is 42.5 Å². The molecule has 2 aromatic rings. The molecule has 0 bridgehead atoms.